The lowest BCUT2D eigenvalue weighted by atomic mass is 10.4. The Labute approximate surface area is 97.9 Å². The molecule has 82 valence electrons. The summed E-state index contributed by atoms with van der Waals surface area (Å²) in [6.45, 7) is 0. The Hall–Kier alpha value is -1.75. The van der Waals surface area contributed by atoms with Crippen molar-refractivity contribution in [1.82, 2.24) is 9.97 Å². The number of hydrogen-bond donors (Lipinski definition) is 1. The van der Waals surface area contributed by atoms with Crippen molar-refractivity contribution in [3.05, 3.63) is 36.7 Å². The van der Waals surface area contributed by atoms with Gasteiger partial charge in [-0.05, 0) is 24.3 Å². The number of aromatic nitrogens is 2. The highest BCUT2D eigenvalue weighted by Crippen LogP contribution is 2.28. The number of hydrogen-bond acceptors (Lipinski definition) is 5. The second-order valence-corrected chi connectivity index (χ2v) is 4.13. The molecule has 0 aliphatic heterocycles. The molecule has 16 heavy (non-hydrogen) atoms. The van der Waals surface area contributed by atoms with E-state index in [9.17, 15) is 0 Å². The number of pyridine rings is 2. The summed E-state index contributed by atoms with van der Waals surface area (Å²) in [4.78, 5) is 9.32. The van der Waals surface area contributed by atoms with Crippen molar-refractivity contribution in [2.75, 3.05) is 12.8 Å². The van der Waals surface area contributed by atoms with Gasteiger partial charge in [-0.1, -0.05) is 11.8 Å². The third kappa shape index (κ3) is 2.43. The molecule has 0 amide bonds. The summed E-state index contributed by atoms with van der Waals surface area (Å²) in [7, 11) is 1.56. The summed E-state index contributed by atoms with van der Waals surface area (Å²) in [6, 6.07) is 7.50. The van der Waals surface area contributed by atoms with Crippen molar-refractivity contribution in [2.45, 2.75) is 9.92 Å². The average molecular weight is 233 g/mol. The molecule has 2 aromatic heterocycles. The third-order valence-corrected chi connectivity index (χ3v) is 2.87. The van der Waals surface area contributed by atoms with Gasteiger partial charge in [0.05, 0.1) is 12.8 Å². The Morgan fingerprint density at radius 1 is 1.19 bits per heavy atom. The second-order valence-electron chi connectivity index (χ2n) is 3.03. The van der Waals surface area contributed by atoms with Gasteiger partial charge in [-0.2, -0.15) is 0 Å². The van der Waals surface area contributed by atoms with Crippen molar-refractivity contribution < 1.29 is 4.74 Å². The Morgan fingerprint density at radius 2 is 1.94 bits per heavy atom. The Bertz CT molecular complexity index is 476. The summed E-state index contributed by atoms with van der Waals surface area (Å²) in [5.74, 6) is 0.457. The van der Waals surface area contributed by atoms with Crippen LogP contribution in [0, 0.1) is 0 Å². The monoisotopic (exact) mass is 233 g/mol. The van der Waals surface area contributed by atoms with Crippen molar-refractivity contribution in [3.8, 4) is 5.88 Å². The fourth-order valence-electron chi connectivity index (χ4n) is 1.18. The van der Waals surface area contributed by atoms with E-state index in [-0.39, 0.29) is 0 Å². The fourth-order valence-corrected chi connectivity index (χ4v) is 1.95. The van der Waals surface area contributed by atoms with Crippen LogP contribution in [0.2, 0.25) is 0 Å². The Morgan fingerprint density at radius 3 is 2.62 bits per heavy atom. The van der Waals surface area contributed by atoms with Gasteiger partial charge in [0.25, 0.3) is 0 Å². The van der Waals surface area contributed by atoms with Gasteiger partial charge in [-0.15, -0.1) is 0 Å². The molecule has 2 rings (SSSR count). The third-order valence-electron chi connectivity index (χ3n) is 1.93. The summed E-state index contributed by atoms with van der Waals surface area (Å²) in [6.07, 6.45) is 3.49. The quantitative estimate of drug-likeness (QED) is 0.880. The number of anilines is 1. The van der Waals surface area contributed by atoms with Gasteiger partial charge in [0.15, 0.2) is 0 Å². The van der Waals surface area contributed by atoms with Crippen LogP contribution >= 0.6 is 11.8 Å². The normalized spacial score (nSPS) is 10.1. The molecular weight excluding hydrogens is 222 g/mol. The molecule has 4 nitrogen and oxygen atoms in total. The van der Waals surface area contributed by atoms with E-state index in [4.69, 9.17) is 10.5 Å². The molecule has 0 aromatic carbocycles. The first-order valence-electron chi connectivity index (χ1n) is 4.68. The van der Waals surface area contributed by atoms with Crippen LogP contribution in [0.25, 0.3) is 0 Å². The summed E-state index contributed by atoms with van der Waals surface area (Å²) in [5, 5.41) is 0.845. The van der Waals surface area contributed by atoms with E-state index in [2.05, 4.69) is 9.97 Å². The van der Waals surface area contributed by atoms with Crippen LogP contribution in [0.5, 0.6) is 5.88 Å². The molecule has 5 heteroatoms. The lowest BCUT2D eigenvalue weighted by Gasteiger charge is -2.05. The van der Waals surface area contributed by atoms with E-state index in [0.717, 1.165) is 9.92 Å². The minimum Gasteiger partial charge on any atom is -0.480 e. The molecule has 0 aliphatic rings. The Kier molecular flexibility index (Phi) is 3.26. The highest BCUT2D eigenvalue weighted by Gasteiger charge is 2.04. The first-order chi connectivity index (χ1) is 7.79. The first-order valence-corrected chi connectivity index (χ1v) is 5.49. The van der Waals surface area contributed by atoms with Crippen molar-refractivity contribution in [3.63, 3.8) is 0 Å². The molecular formula is C11H11N3OS. The standard InChI is InChI=1S/C11H11N3OS/c1-15-11-9(12)2-3-10(14-11)16-8-4-6-13-7-5-8/h2-7H,12H2,1H3. The van der Waals surface area contributed by atoms with E-state index in [1.807, 2.05) is 18.2 Å². The molecule has 0 bridgehead atoms. The van der Waals surface area contributed by atoms with E-state index < -0.39 is 0 Å². The zero-order chi connectivity index (χ0) is 11.4. The predicted octanol–water partition coefficient (Wildman–Crippen LogP) is 2.22. The highest BCUT2D eigenvalue weighted by atomic mass is 32.2. The van der Waals surface area contributed by atoms with Gasteiger partial charge >= 0.3 is 0 Å². The van der Waals surface area contributed by atoms with Crippen LogP contribution in [0.3, 0.4) is 0 Å². The maximum absolute atomic E-state index is 5.69. The molecule has 0 spiro atoms. The molecule has 0 atom stereocenters. The van der Waals surface area contributed by atoms with Crippen LogP contribution in [-0.4, -0.2) is 17.1 Å². The minimum atomic E-state index is 0.457. The molecule has 2 heterocycles. The van der Waals surface area contributed by atoms with Crippen LogP contribution in [0.15, 0.2) is 46.6 Å². The van der Waals surface area contributed by atoms with Crippen molar-refractivity contribution in [2.24, 2.45) is 0 Å². The summed E-state index contributed by atoms with van der Waals surface area (Å²) in [5.41, 5.74) is 6.23. The number of nitrogens with two attached hydrogens (primary N) is 1. The average Bonchev–Trinajstić information content (AvgIpc) is 2.33. The van der Waals surface area contributed by atoms with Gasteiger partial charge in [0, 0.05) is 17.3 Å². The van der Waals surface area contributed by atoms with E-state index >= 15 is 0 Å². The lowest BCUT2D eigenvalue weighted by Crippen LogP contribution is -1.95. The minimum absolute atomic E-state index is 0.457. The van der Waals surface area contributed by atoms with Crippen LogP contribution < -0.4 is 10.5 Å². The van der Waals surface area contributed by atoms with E-state index in [0.29, 0.717) is 11.6 Å². The smallest absolute Gasteiger partial charge is 0.237 e. The largest absolute Gasteiger partial charge is 0.480 e. The van der Waals surface area contributed by atoms with Crippen LogP contribution in [-0.2, 0) is 0 Å². The number of ether oxygens (including phenoxy) is 1. The van der Waals surface area contributed by atoms with Gasteiger partial charge in [-0.3, -0.25) is 4.98 Å². The highest BCUT2D eigenvalue weighted by molar-refractivity contribution is 7.99. The van der Waals surface area contributed by atoms with Gasteiger partial charge in [-0.25, -0.2) is 4.98 Å². The molecule has 0 aliphatic carbocycles. The second kappa shape index (κ2) is 4.85. The maximum Gasteiger partial charge on any atom is 0.237 e. The lowest BCUT2D eigenvalue weighted by molar-refractivity contribution is 0.397. The van der Waals surface area contributed by atoms with Gasteiger partial charge in [0.1, 0.15) is 5.03 Å². The van der Waals surface area contributed by atoms with Gasteiger partial charge < -0.3 is 10.5 Å². The number of methoxy groups -OCH3 is 1. The molecule has 0 unspecified atom stereocenters. The van der Waals surface area contributed by atoms with E-state index in [1.54, 1.807) is 25.6 Å². The van der Waals surface area contributed by atoms with Crippen molar-refractivity contribution >= 4 is 17.4 Å². The maximum atomic E-state index is 5.69. The number of nitrogen functional groups attached to an aromatic ring is 1. The number of nitrogens with zero attached hydrogens (tertiary/aromatic N) is 2. The van der Waals surface area contributed by atoms with Crippen LogP contribution in [0.1, 0.15) is 0 Å². The van der Waals surface area contributed by atoms with Crippen molar-refractivity contribution in [1.29, 1.82) is 0 Å². The van der Waals surface area contributed by atoms with Crippen LogP contribution in [0.4, 0.5) is 5.69 Å². The van der Waals surface area contributed by atoms with E-state index in [1.165, 1.54) is 11.8 Å². The van der Waals surface area contributed by atoms with Gasteiger partial charge in [0.2, 0.25) is 5.88 Å². The molecule has 0 saturated carbocycles. The zero-order valence-corrected chi connectivity index (χ0v) is 9.57. The first kappa shape index (κ1) is 10.8. The predicted molar refractivity (Wildman–Crippen MR) is 63.6 cm³/mol. The molecule has 0 saturated heterocycles. The summed E-state index contributed by atoms with van der Waals surface area (Å²) < 4.78 is 5.06. The number of rotatable bonds is 3. The Balaban J connectivity index is 2.22. The topological polar surface area (TPSA) is 61.0 Å². The SMILES string of the molecule is COc1nc(Sc2ccncc2)ccc1N. The molecule has 2 aromatic rings. The molecule has 0 fully saturated rings. The molecule has 2 N–H and O–H groups in total. The molecule has 0 radical (unpaired) electrons. The zero-order valence-electron chi connectivity index (χ0n) is 8.75. The summed E-state index contributed by atoms with van der Waals surface area (Å²) >= 11 is 1.54. The fraction of sp³-hybridized carbons (Fsp3) is 0.0909.